The molecule has 0 bridgehead atoms. The van der Waals surface area contributed by atoms with Crippen molar-refractivity contribution >= 4 is 10.2 Å². The van der Waals surface area contributed by atoms with Crippen LogP contribution in [0.25, 0.3) is 0 Å². The highest BCUT2D eigenvalue weighted by Crippen LogP contribution is 2.22. The molecule has 1 heterocycles. The van der Waals surface area contributed by atoms with E-state index < -0.39 is 10.2 Å². The monoisotopic (exact) mass is 304 g/mol. The topological polar surface area (TPSA) is 64.7 Å². The van der Waals surface area contributed by atoms with Gasteiger partial charge in [-0.3, -0.25) is 4.90 Å². The van der Waals surface area contributed by atoms with Gasteiger partial charge in [0.05, 0.1) is 0 Å². The van der Waals surface area contributed by atoms with Crippen molar-refractivity contribution in [3.8, 4) is 0 Å². The van der Waals surface area contributed by atoms with Crippen molar-refractivity contribution in [1.82, 2.24) is 19.2 Å². The maximum atomic E-state index is 12.3. The van der Waals surface area contributed by atoms with E-state index in [0.29, 0.717) is 6.54 Å². The largest absolute Gasteiger partial charge is 0.314 e. The zero-order valence-corrected chi connectivity index (χ0v) is 13.3. The van der Waals surface area contributed by atoms with Crippen LogP contribution in [-0.4, -0.2) is 70.0 Å². The number of rotatable bonds is 6. The van der Waals surface area contributed by atoms with Gasteiger partial charge in [-0.25, -0.2) is 4.72 Å². The van der Waals surface area contributed by atoms with Crippen LogP contribution in [0.1, 0.15) is 32.1 Å². The van der Waals surface area contributed by atoms with E-state index in [0.717, 1.165) is 58.4 Å². The first-order chi connectivity index (χ1) is 9.59. The van der Waals surface area contributed by atoms with Crippen molar-refractivity contribution in [2.75, 3.05) is 46.3 Å². The van der Waals surface area contributed by atoms with Crippen LogP contribution in [0.3, 0.4) is 0 Å². The third-order valence-corrected chi connectivity index (χ3v) is 6.02. The van der Waals surface area contributed by atoms with E-state index in [4.69, 9.17) is 0 Å². The Morgan fingerprint density at radius 3 is 2.50 bits per heavy atom. The average Bonchev–Trinajstić information content (AvgIpc) is 2.48. The second-order valence-electron chi connectivity index (χ2n) is 5.80. The van der Waals surface area contributed by atoms with Gasteiger partial charge in [-0.2, -0.15) is 12.7 Å². The van der Waals surface area contributed by atoms with Crippen molar-refractivity contribution in [1.29, 1.82) is 0 Å². The fraction of sp³-hybridized carbons (Fsp3) is 1.00. The second kappa shape index (κ2) is 7.70. The zero-order valence-electron chi connectivity index (χ0n) is 12.5. The molecule has 118 valence electrons. The highest BCUT2D eigenvalue weighted by atomic mass is 32.2. The molecule has 1 aliphatic carbocycles. The van der Waals surface area contributed by atoms with Gasteiger partial charge >= 0.3 is 0 Å². The summed E-state index contributed by atoms with van der Waals surface area (Å²) in [7, 11) is -1.61. The summed E-state index contributed by atoms with van der Waals surface area (Å²) < 4.78 is 28.8. The Balaban J connectivity index is 1.74. The third kappa shape index (κ3) is 4.66. The molecule has 1 saturated heterocycles. The standard InChI is InChI=1S/C13H28N4O2S/c1-16(13-5-3-2-4-6-13)20(18,19)15-9-12-17-10-7-14-8-11-17/h13-15H,2-12H2,1H3. The molecule has 1 aliphatic heterocycles. The van der Waals surface area contributed by atoms with Gasteiger partial charge in [0, 0.05) is 52.4 Å². The van der Waals surface area contributed by atoms with Crippen LogP contribution >= 0.6 is 0 Å². The van der Waals surface area contributed by atoms with E-state index in [-0.39, 0.29) is 6.04 Å². The summed E-state index contributed by atoms with van der Waals surface area (Å²) in [6.07, 6.45) is 5.52. The Morgan fingerprint density at radius 2 is 1.85 bits per heavy atom. The highest BCUT2D eigenvalue weighted by molar-refractivity contribution is 7.87. The molecule has 0 aromatic rings. The zero-order chi connectivity index (χ0) is 14.4. The van der Waals surface area contributed by atoms with Gasteiger partial charge in [-0.1, -0.05) is 19.3 Å². The number of nitrogens with one attached hydrogen (secondary N) is 2. The van der Waals surface area contributed by atoms with Crippen molar-refractivity contribution in [3.63, 3.8) is 0 Å². The quantitative estimate of drug-likeness (QED) is 0.724. The fourth-order valence-electron chi connectivity index (χ4n) is 3.01. The van der Waals surface area contributed by atoms with Crippen molar-refractivity contribution < 1.29 is 8.42 Å². The Labute approximate surface area is 123 Å². The summed E-state index contributed by atoms with van der Waals surface area (Å²) in [6.45, 7) is 5.28. The normalized spacial score (nSPS) is 23.3. The molecule has 0 amide bonds. The highest BCUT2D eigenvalue weighted by Gasteiger charge is 2.27. The first kappa shape index (κ1) is 16.2. The molecule has 0 radical (unpaired) electrons. The van der Waals surface area contributed by atoms with Crippen LogP contribution in [0.4, 0.5) is 0 Å². The molecule has 7 heteroatoms. The van der Waals surface area contributed by atoms with Gasteiger partial charge in [0.1, 0.15) is 0 Å². The van der Waals surface area contributed by atoms with Crippen molar-refractivity contribution in [3.05, 3.63) is 0 Å². The summed E-state index contributed by atoms with van der Waals surface area (Å²) in [5.74, 6) is 0. The summed E-state index contributed by atoms with van der Waals surface area (Å²) in [6, 6.07) is 0.181. The van der Waals surface area contributed by atoms with E-state index in [1.807, 2.05) is 0 Å². The SMILES string of the molecule is CN(C1CCCCC1)S(=O)(=O)NCCN1CCNCC1. The van der Waals surface area contributed by atoms with Crippen LogP contribution in [0.2, 0.25) is 0 Å². The first-order valence-electron chi connectivity index (χ1n) is 7.75. The summed E-state index contributed by atoms with van der Waals surface area (Å²) in [5, 5.41) is 3.29. The van der Waals surface area contributed by atoms with Gasteiger partial charge in [0.25, 0.3) is 10.2 Å². The molecule has 20 heavy (non-hydrogen) atoms. The number of hydrogen-bond acceptors (Lipinski definition) is 4. The van der Waals surface area contributed by atoms with Gasteiger partial charge in [0.2, 0.25) is 0 Å². The van der Waals surface area contributed by atoms with Crippen molar-refractivity contribution in [2.45, 2.75) is 38.1 Å². The Hall–Kier alpha value is -0.210. The number of piperazine rings is 1. The van der Waals surface area contributed by atoms with E-state index in [9.17, 15) is 8.42 Å². The third-order valence-electron chi connectivity index (χ3n) is 4.39. The predicted molar refractivity (Wildman–Crippen MR) is 80.9 cm³/mol. The molecule has 0 aromatic carbocycles. The van der Waals surface area contributed by atoms with E-state index in [1.165, 1.54) is 6.42 Å². The first-order valence-corrected chi connectivity index (χ1v) is 9.19. The maximum Gasteiger partial charge on any atom is 0.279 e. The van der Waals surface area contributed by atoms with E-state index >= 15 is 0 Å². The van der Waals surface area contributed by atoms with Gasteiger partial charge < -0.3 is 5.32 Å². The lowest BCUT2D eigenvalue weighted by Crippen LogP contribution is -2.49. The maximum absolute atomic E-state index is 12.3. The van der Waals surface area contributed by atoms with Crippen LogP contribution in [0, 0.1) is 0 Å². The molecule has 2 fully saturated rings. The van der Waals surface area contributed by atoms with Gasteiger partial charge in [0.15, 0.2) is 0 Å². The Morgan fingerprint density at radius 1 is 1.20 bits per heavy atom. The summed E-state index contributed by atoms with van der Waals surface area (Å²) in [4.78, 5) is 2.29. The summed E-state index contributed by atoms with van der Waals surface area (Å²) in [5.41, 5.74) is 0. The molecular formula is C13H28N4O2S. The average molecular weight is 304 g/mol. The molecule has 0 spiro atoms. The van der Waals surface area contributed by atoms with Crippen LogP contribution in [-0.2, 0) is 10.2 Å². The van der Waals surface area contributed by atoms with Crippen molar-refractivity contribution in [2.24, 2.45) is 0 Å². The molecule has 2 rings (SSSR count). The smallest absolute Gasteiger partial charge is 0.279 e. The van der Waals surface area contributed by atoms with Crippen LogP contribution in [0.15, 0.2) is 0 Å². The van der Waals surface area contributed by atoms with E-state index in [2.05, 4.69) is 14.9 Å². The predicted octanol–water partition coefficient (Wildman–Crippen LogP) is -0.00950. The number of hydrogen-bond donors (Lipinski definition) is 2. The molecule has 1 saturated carbocycles. The fourth-order valence-corrected chi connectivity index (χ4v) is 4.17. The van der Waals surface area contributed by atoms with Crippen LogP contribution < -0.4 is 10.0 Å². The van der Waals surface area contributed by atoms with E-state index in [1.54, 1.807) is 11.4 Å². The molecular weight excluding hydrogens is 276 g/mol. The lowest BCUT2D eigenvalue weighted by atomic mass is 9.96. The number of nitrogens with zero attached hydrogens (tertiary/aromatic N) is 2. The molecule has 0 aromatic heterocycles. The lowest BCUT2D eigenvalue weighted by Gasteiger charge is -2.31. The second-order valence-corrected chi connectivity index (χ2v) is 7.61. The molecule has 2 aliphatic rings. The minimum atomic E-state index is -3.32. The molecule has 6 nitrogen and oxygen atoms in total. The lowest BCUT2D eigenvalue weighted by molar-refractivity contribution is 0.243. The summed E-state index contributed by atoms with van der Waals surface area (Å²) >= 11 is 0. The Kier molecular flexibility index (Phi) is 6.22. The molecule has 0 atom stereocenters. The molecule has 0 unspecified atom stereocenters. The Bertz CT molecular complexity index is 376. The van der Waals surface area contributed by atoms with Gasteiger partial charge in [-0.15, -0.1) is 0 Å². The molecule has 2 N–H and O–H groups in total. The van der Waals surface area contributed by atoms with Crippen LogP contribution in [0.5, 0.6) is 0 Å². The minimum absolute atomic E-state index is 0.181. The van der Waals surface area contributed by atoms with Gasteiger partial charge in [-0.05, 0) is 12.8 Å². The minimum Gasteiger partial charge on any atom is -0.314 e.